The molecule has 104 valence electrons. The van der Waals surface area contributed by atoms with Crippen LogP contribution in [0.5, 0.6) is 5.88 Å². The first-order valence-corrected chi connectivity index (χ1v) is 6.34. The number of morpholine rings is 1. The lowest BCUT2D eigenvalue weighted by Gasteiger charge is -2.29. The number of ether oxygens (including phenoxy) is 2. The van der Waals surface area contributed by atoms with Crippen molar-refractivity contribution in [3.63, 3.8) is 0 Å². The van der Waals surface area contributed by atoms with Crippen molar-refractivity contribution in [1.82, 2.24) is 9.88 Å². The summed E-state index contributed by atoms with van der Waals surface area (Å²) < 4.78 is 10.2. The van der Waals surface area contributed by atoms with E-state index in [1.807, 2.05) is 17.9 Å². The van der Waals surface area contributed by atoms with E-state index >= 15 is 0 Å². The summed E-state index contributed by atoms with van der Waals surface area (Å²) in [6.07, 6.45) is 1.65. The van der Waals surface area contributed by atoms with Gasteiger partial charge in [0.2, 0.25) is 11.8 Å². The van der Waals surface area contributed by atoms with Gasteiger partial charge in [-0.05, 0) is 13.0 Å². The van der Waals surface area contributed by atoms with Gasteiger partial charge in [0.15, 0.2) is 0 Å². The average molecular weight is 265 g/mol. The first kappa shape index (κ1) is 13.6. The summed E-state index contributed by atoms with van der Waals surface area (Å²) in [5, 5.41) is 3.14. The van der Waals surface area contributed by atoms with Crippen molar-refractivity contribution in [1.29, 1.82) is 0 Å². The smallest absolute Gasteiger partial charge is 0.244 e. The van der Waals surface area contributed by atoms with E-state index in [-0.39, 0.29) is 11.9 Å². The van der Waals surface area contributed by atoms with Gasteiger partial charge in [-0.2, -0.15) is 0 Å². The van der Waals surface area contributed by atoms with Crippen molar-refractivity contribution in [2.75, 3.05) is 38.7 Å². The van der Waals surface area contributed by atoms with Gasteiger partial charge in [0.25, 0.3) is 0 Å². The quantitative estimate of drug-likeness (QED) is 0.870. The molecule has 0 saturated carbocycles. The highest BCUT2D eigenvalue weighted by Crippen LogP contribution is 2.13. The highest BCUT2D eigenvalue weighted by atomic mass is 16.5. The minimum atomic E-state index is -0.284. The van der Waals surface area contributed by atoms with Crippen LogP contribution in [0.2, 0.25) is 0 Å². The van der Waals surface area contributed by atoms with E-state index in [9.17, 15) is 4.79 Å². The predicted molar refractivity (Wildman–Crippen MR) is 71.3 cm³/mol. The highest BCUT2D eigenvalue weighted by Gasteiger charge is 2.22. The average Bonchev–Trinajstić information content (AvgIpc) is 2.48. The van der Waals surface area contributed by atoms with Crippen molar-refractivity contribution >= 4 is 11.6 Å². The van der Waals surface area contributed by atoms with Crippen LogP contribution in [0.25, 0.3) is 0 Å². The Morgan fingerprint density at radius 2 is 2.21 bits per heavy atom. The summed E-state index contributed by atoms with van der Waals surface area (Å²) in [4.78, 5) is 18.1. The van der Waals surface area contributed by atoms with E-state index in [0.29, 0.717) is 32.2 Å². The summed E-state index contributed by atoms with van der Waals surface area (Å²) in [5.74, 6) is 0.636. The second-order valence-corrected chi connectivity index (χ2v) is 4.39. The number of aromatic nitrogens is 1. The molecule has 2 heterocycles. The third-order valence-electron chi connectivity index (χ3n) is 3.02. The second-order valence-electron chi connectivity index (χ2n) is 4.39. The molecule has 6 nitrogen and oxygen atoms in total. The number of hydrogen-bond donors (Lipinski definition) is 1. The van der Waals surface area contributed by atoms with Crippen molar-refractivity contribution in [3.05, 3.63) is 18.3 Å². The molecule has 1 saturated heterocycles. The van der Waals surface area contributed by atoms with E-state index < -0.39 is 0 Å². The number of anilines is 1. The van der Waals surface area contributed by atoms with Gasteiger partial charge in [-0.25, -0.2) is 4.98 Å². The molecule has 6 heteroatoms. The monoisotopic (exact) mass is 265 g/mol. The molecule has 2 rings (SSSR count). The third-order valence-corrected chi connectivity index (χ3v) is 3.02. The zero-order valence-corrected chi connectivity index (χ0v) is 11.3. The minimum Gasteiger partial charge on any atom is -0.481 e. The maximum Gasteiger partial charge on any atom is 0.244 e. The zero-order chi connectivity index (χ0) is 13.7. The van der Waals surface area contributed by atoms with Gasteiger partial charge in [0.1, 0.15) is 6.04 Å². The summed E-state index contributed by atoms with van der Waals surface area (Å²) in [7, 11) is 1.57. The van der Waals surface area contributed by atoms with Crippen LogP contribution in [-0.2, 0) is 9.53 Å². The number of pyridine rings is 1. The van der Waals surface area contributed by atoms with E-state index in [1.165, 1.54) is 0 Å². The summed E-state index contributed by atoms with van der Waals surface area (Å²) in [5.41, 5.74) is 0.801. The lowest BCUT2D eigenvalue weighted by molar-refractivity contribution is -0.135. The van der Waals surface area contributed by atoms with Crippen molar-refractivity contribution in [3.8, 4) is 5.88 Å². The Bertz CT molecular complexity index is 416. The van der Waals surface area contributed by atoms with Crippen LogP contribution in [0.1, 0.15) is 6.92 Å². The minimum absolute atomic E-state index is 0.0825. The molecule has 0 spiro atoms. The number of amides is 1. The van der Waals surface area contributed by atoms with Crippen LogP contribution in [0.15, 0.2) is 18.3 Å². The maximum absolute atomic E-state index is 12.2. The second kappa shape index (κ2) is 6.38. The molecule has 0 radical (unpaired) electrons. The fraction of sp³-hybridized carbons (Fsp3) is 0.538. The Morgan fingerprint density at radius 1 is 1.47 bits per heavy atom. The van der Waals surface area contributed by atoms with E-state index in [1.54, 1.807) is 19.4 Å². The highest BCUT2D eigenvalue weighted by molar-refractivity contribution is 5.84. The van der Waals surface area contributed by atoms with Crippen LogP contribution >= 0.6 is 0 Å². The number of nitrogens with zero attached hydrogens (tertiary/aromatic N) is 2. The fourth-order valence-corrected chi connectivity index (χ4v) is 1.96. The van der Waals surface area contributed by atoms with Gasteiger partial charge >= 0.3 is 0 Å². The van der Waals surface area contributed by atoms with Gasteiger partial charge in [-0.1, -0.05) is 0 Å². The van der Waals surface area contributed by atoms with Gasteiger partial charge in [0.05, 0.1) is 32.2 Å². The van der Waals surface area contributed by atoms with Crippen molar-refractivity contribution < 1.29 is 14.3 Å². The Hall–Kier alpha value is -1.82. The number of carbonyl (C=O) groups is 1. The Morgan fingerprint density at radius 3 is 2.79 bits per heavy atom. The van der Waals surface area contributed by atoms with Gasteiger partial charge < -0.3 is 19.7 Å². The van der Waals surface area contributed by atoms with E-state index in [2.05, 4.69) is 10.3 Å². The van der Waals surface area contributed by atoms with Crippen molar-refractivity contribution in [2.24, 2.45) is 0 Å². The van der Waals surface area contributed by atoms with Crippen LogP contribution in [-0.4, -0.2) is 55.2 Å². The van der Waals surface area contributed by atoms with Crippen molar-refractivity contribution in [2.45, 2.75) is 13.0 Å². The van der Waals surface area contributed by atoms with Crippen LogP contribution in [0.4, 0.5) is 5.69 Å². The zero-order valence-electron chi connectivity index (χ0n) is 11.3. The Labute approximate surface area is 112 Å². The topological polar surface area (TPSA) is 63.7 Å². The molecule has 1 aliphatic rings. The summed E-state index contributed by atoms with van der Waals surface area (Å²) in [6, 6.07) is 3.32. The van der Waals surface area contributed by atoms with Gasteiger partial charge in [-0.3, -0.25) is 4.79 Å². The molecule has 1 fully saturated rings. The van der Waals surface area contributed by atoms with Crippen LogP contribution in [0.3, 0.4) is 0 Å². The molecule has 1 N–H and O–H groups in total. The summed E-state index contributed by atoms with van der Waals surface area (Å²) >= 11 is 0. The first-order valence-electron chi connectivity index (χ1n) is 6.34. The molecule has 0 bridgehead atoms. The number of rotatable bonds is 4. The molecule has 1 amide bonds. The van der Waals surface area contributed by atoms with E-state index in [0.717, 1.165) is 5.69 Å². The predicted octanol–water partition coefficient (Wildman–Crippen LogP) is 0.749. The molecule has 1 aromatic heterocycles. The van der Waals surface area contributed by atoms with Gasteiger partial charge in [0, 0.05) is 19.2 Å². The molecule has 1 aromatic rings. The molecule has 0 aromatic carbocycles. The lowest BCUT2D eigenvalue weighted by atomic mass is 10.2. The Balaban J connectivity index is 1.91. The molecule has 1 aliphatic heterocycles. The SMILES string of the molecule is COc1ccc(N[C@H](C)C(=O)N2CCOCC2)cn1. The molecular formula is C13H19N3O3. The van der Waals surface area contributed by atoms with Crippen LogP contribution < -0.4 is 10.1 Å². The summed E-state index contributed by atoms with van der Waals surface area (Å²) in [6.45, 7) is 4.39. The van der Waals surface area contributed by atoms with Crippen LogP contribution in [0, 0.1) is 0 Å². The molecule has 1 atom stereocenters. The maximum atomic E-state index is 12.2. The number of carbonyl (C=O) groups excluding carboxylic acids is 1. The third kappa shape index (κ3) is 3.57. The number of hydrogen-bond acceptors (Lipinski definition) is 5. The molecular weight excluding hydrogens is 246 g/mol. The molecule has 0 unspecified atom stereocenters. The lowest BCUT2D eigenvalue weighted by Crippen LogP contribution is -2.47. The molecule has 0 aliphatic carbocycles. The number of nitrogens with one attached hydrogen (secondary N) is 1. The standard InChI is InChI=1S/C13H19N3O3/c1-10(13(17)16-5-7-19-8-6-16)15-11-3-4-12(18-2)14-9-11/h3-4,9-10,15H,5-8H2,1-2H3/t10-/m1/s1. The number of methoxy groups -OCH3 is 1. The van der Waals surface area contributed by atoms with E-state index in [4.69, 9.17) is 9.47 Å². The largest absolute Gasteiger partial charge is 0.481 e. The first-order chi connectivity index (χ1) is 9.20. The normalized spacial score (nSPS) is 16.8. The fourth-order valence-electron chi connectivity index (χ4n) is 1.96. The molecule has 19 heavy (non-hydrogen) atoms. The Kier molecular flexibility index (Phi) is 4.57. The van der Waals surface area contributed by atoms with Gasteiger partial charge in [-0.15, -0.1) is 0 Å².